The molecule has 0 bridgehead atoms. The second-order valence-electron chi connectivity index (χ2n) is 5.66. The second kappa shape index (κ2) is 5.04. The van der Waals surface area contributed by atoms with E-state index in [1.165, 1.54) is 17.5 Å². The fourth-order valence-corrected chi connectivity index (χ4v) is 3.56. The van der Waals surface area contributed by atoms with Gasteiger partial charge in [0.15, 0.2) is 0 Å². The average molecular weight is 265 g/mol. The number of fused-ring (bicyclic) bond motifs is 1. The summed E-state index contributed by atoms with van der Waals surface area (Å²) in [5, 5.41) is 0. The minimum atomic E-state index is 0.156. The fraction of sp³-hybridized carbons (Fsp3) is 0.333. The van der Waals surface area contributed by atoms with E-state index < -0.39 is 0 Å². The molecule has 2 saturated heterocycles. The van der Waals surface area contributed by atoms with Crippen molar-refractivity contribution in [3.63, 3.8) is 0 Å². The van der Waals surface area contributed by atoms with Crippen LogP contribution in [0.4, 0.5) is 0 Å². The Balaban J connectivity index is 1.74. The molecule has 2 aliphatic heterocycles. The lowest BCUT2D eigenvalue weighted by Gasteiger charge is -2.25. The van der Waals surface area contributed by atoms with E-state index in [-0.39, 0.29) is 6.10 Å². The largest absolute Gasteiger partial charge is 0.353 e. The van der Waals surface area contributed by atoms with Crippen LogP contribution in [0.2, 0.25) is 0 Å². The highest BCUT2D eigenvalue weighted by atomic mass is 16.5. The Morgan fingerprint density at radius 3 is 2.20 bits per heavy atom. The first kappa shape index (κ1) is 12.1. The number of rotatable bonds is 2. The summed E-state index contributed by atoms with van der Waals surface area (Å²) in [6.07, 6.45) is 2.86. The molecule has 0 amide bonds. The van der Waals surface area contributed by atoms with Crippen molar-refractivity contribution in [2.24, 2.45) is 0 Å². The van der Waals surface area contributed by atoms with Crippen molar-refractivity contribution >= 4 is 0 Å². The molecular formula is C18H19NO. The van der Waals surface area contributed by atoms with Gasteiger partial charge >= 0.3 is 0 Å². The maximum Gasteiger partial charge on any atom is 0.112 e. The minimum Gasteiger partial charge on any atom is -0.353 e. The summed E-state index contributed by atoms with van der Waals surface area (Å²) in [6, 6.07) is 21.8. The lowest BCUT2D eigenvalue weighted by Crippen LogP contribution is -2.26. The van der Waals surface area contributed by atoms with E-state index >= 15 is 0 Å². The summed E-state index contributed by atoms with van der Waals surface area (Å²) in [7, 11) is 0. The van der Waals surface area contributed by atoms with Crippen molar-refractivity contribution in [3.05, 3.63) is 71.8 Å². The van der Waals surface area contributed by atoms with Crippen LogP contribution in [0.25, 0.3) is 0 Å². The topological polar surface area (TPSA) is 12.5 Å². The molecule has 1 unspecified atom stereocenters. The SMILES string of the molecule is c1ccc([C@H]2OC3CCCN3[C@@H]2c2ccccc2)cc1. The van der Waals surface area contributed by atoms with Crippen LogP contribution in [0.5, 0.6) is 0 Å². The zero-order valence-corrected chi connectivity index (χ0v) is 11.5. The van der Waals surface area contributed by atoms with Gasteiger partial charge in [0.05, 0.1) is 6.04 Å². The third-order valence-electron chi connectivity index (χ3n) is 4.45. The summed E-state index contributed by atoms with van der Waals surface area (Å²) in [5.41, 5.74) is 2.65. The maximum atomic E-state index is 6.36. The van der Waals surface area contributed by atoms with E-state index in [0.717, 1.165) is 13.0 Å². The van der Waals surface area contributed by atoms with Gasteiger partial charge in [0.1, 0.15) is 12.3 Å². The first-order valence-corrected chi connectivity index (χ1v) is 7.44. The molecule has 3 atom stereocenters. The Morgan fingerprint density at radius 1 is 0.850 bits per heavy atom. The monoisotopic (exact) mass is 265 g/mol. The molecule has 2 fully saturated rings. The summed E-state index contributed by atoms with van der Waals surface area (Å²) in [4.78, 5) is 2.53. The van der Waals surface area contributed by atoms with Crippen molar-refractivity contribution in [2.75, 3.05) is 6.54 Å². The smallest absolute Gasteiger partial charge is 0.112 e. The van der Waals surface area contributed by atoms with Gasteiger partial charge < -0.3 is 4.74 Å². The zero-order valence-electron chi connectivity index (χ0n) is 11.5. The molecule has 102 valence electrons. The van der Waals surface area contributed by atoms with Crippen LogP contribution in [-0.4, -0.2) is 17.7 Å². The molecule has 0 saturated carbocycles. The van der Waals surface area contributed by atoms with Crippen LogP contribution >= 0.6 is 0 Å². The average Bonchev–Trinajstić information content (AvgIpc) is 3.09. The van der Waals surface area contributed by atoms with Crippen LogP contribution in [0.3, 0.4) is 0 Å². The molecule has 0 aromatic heterocycles. The van der Waals surface area contributed by atoms with Crippen molar-refractivity contribution in [3.8, 4) is 0 Å². The van der Waals surface area contributed by atoms with Crippen LogP contribution in [0, 0.1) is 0 Å². The van der Waals surface area contributed by atoms with Gasteiger partial charge in [-0.05, 0) is 24.0 Å². The molecule has 2 heterocycles. The van der Waals surface area contributed by atoms with Gasteiger partial charge in [-0.2, -0.15) is 0 Å². The van der Waals surface area contributed by atoms with Gasteiger partial charge in [0.2, 0.25) is 0 Å². The molecule has 2 nitrogen and oxygen atoms in total. The second-order valence-corrected chi connectivity index (χ2v) is 5.66. The van der Waals surface area contributed by atoms with E-state index in [1.54, 1.807) is 0 Å². The molecule has 0 N–H and O–H groups in total. The summed E-state index contributed by atoms with van der Waals surface area (Å²) >= 11 is 0. The minimum absolute atomic E-state index is 0.156. The molecule has 2 aromatic carbocycles. The van der Waals surface area contributed by atoms with Gasteiger partial charge in [-0.3, -0.25) is 4.90 Å². The van der Waals surface area contributed by atoms with Crippen molar-refractivity contribution in [1.29, 1.82) is 0 Å². The molecule has 0 radical (unpaired) electrons. The highest BCUT2D eigenvalue weighted by molar-refractivity contribution is 5.28. The van der Waals surface area contributed by atoms with Gasteiger partial charge in [-0.15, -0.1) is 0 Å². The molecule has 20 heavy (non-hydrogen) atoms. The third-order valence-corrected chi connectivity index (χ3v) is 4.45. The number of hydrogen-bond acceptors (Lipinski definition) is 2. The molecule has 0 spiro atoms. The summed E-state index contributed by atoms with van der Waals surface area (Å²) in [5.74, 6) is 0. The molecule has 2 heteroatoms. The van der Waals surface area contributed by atoms with E-state index in [0.29, 0.717) is 12.3 Å². The van der Waals surface area contributed by atoms with Crippen LogP contribution in [-0.2, 0) is 4.74 Å². The molecule has 2 aliphatic rings. The standard InChI is InChI=1S/C18H19NO/c1-3-8-14(9-4-1)17-18(15-10-5-2-6-11-15)20-16-12-7-13-19(16)17/h1-6,8-11,16-18H,7,12-13H2/t16?,17-,18-/m1/s1. The highest BCUT2D eigenvalue weighted by Gasteiger charge is 2.45. The summed E-state index contributed by atoms with van der Waals surface area (Å²) in [6.45, 7) is 1.15. The van der Waals surface area contributed by atoms with E-state index in [4.69, 9.17) is 4.74 Å². The molecular weight excluding hydrogens is 246 g/mol. The van der Waals surface area contributed by atoms with Crippen LogP contribution < -0.4 is 0 Å². The highest BCUT2D eigenvalue weighted by Crippen LogP contribution is 2.47. The van der Waals surface area contributed by atoms with Gasteiger partial charge in [-0.1, -0.05) is 60.7 Å². The maximum absolute atomic E-state index is 6.36. The molecule has 0 aliphatic carbocycles. The van der Waals surface area contributed by atoms with Crippen LogP contribution in [0.15, 0.2) is 60.7 Å². The van der Waals surface area contributed by atoms with E-state index in [2.05, 4.69) is 65.6 Å². The number of ether oxygens (including phenoxy) is 1. The van der Waals surface area contributed by atoms with Gasteiger partial charge in [-0.25, -0.2) is 0 Å². The van der Waals surface area contributed by atoms with Crippen molar-refractivity contribution in [2.45, 2.75) is 31.2 Å². The summed E-state index contributed by atoms with van der Waals surface area (Å²) < 4.78 is 6.36. The Kier molecular flexibility index (Phi) is 3.06. The predicted molar refractivity (Wildman–Crippen MR) is 79.2 cm³/mol. The quantitative estimate of drug-likeness (QED) is 0.816. The fourth-order valence-electron chi connectivity index (χ4n) is 3.56. The predicted octanol–water partition coefficient (Wildman–Crippen LogP) is 3.92. The van der Waals surface area contributed by atoms with Crippen molar-refractivity contribution in [1.82, 2.24) is 4.90 Å². The molecule has 2 aromatic rings. The Bertz CT molecular complexity index is 568. The van der Waals surface area contributed by atoms with E-state index in [9.17, 15) is 0 Å². The lowest BCUT2D eigenvalue weighted by atomic mass is 9.95. The normalized spacial score (nSPS) is 29.5. The first-order valence-electron chi connectivity index (χ1n) is 7.44. The Labute approximate surface area is 120 Å². The molecule has 4 rings (SSSR count). The van der Waals surface area contributed by atoms with Gasteiger partial charge in [0, 0.05) is 6.54 Å². The van der Waals surface area contributed by atoms with Crippen LogP contribution in [0.1, 0.15) is 36.1 Å². The number of nitrogens with zero attached hydrogens (tertiary/aromatic N) is 1. The Morgan fingerprint density at radius 2 is 1.50 bits per heavy atom. The van der Waals surface area contributed by atoms with E-state index in [1.807, 2.05) is 0 Å². The zero-order chi connectivity index (χ0) is 13.4. The number of hydrogen-bond donors (Lipinski definition) is 0. The third kappa shape index (κ3) is 1.96. The Hall–Kier alpha value is -1.64. The number of benzene rings is 2. The van der Waals surface area contributed by atoms with Crippen molar-refractivity contribution < 1.29 is 4.74 Å². The lowest BCUT2D eigenvalue weighted by molar-refractivity contribution is 0.0173. The first-order chi connectivity index (χ1) is 9.93. The van der Waals surface area contributed by atoms with Gasteiger partial charge in [0.25, 0.3) is 0 Å².